The molecule has 2 fully saturated rings. The van der Waals surface area contributed by atoms with E-state index in [9.17, 15) is 0 Å². The molecule has 25 heavy (non-hydrogen) atoms. The summed E-state index contributed by atoms with van der Waals surface area (Å²) in [5.74, 6) is 0. The number of ether oxygens (including phenoxy) is 1. The van der Waals surface area contributed by atoms with Crippen LogP contribution in [0.15, 0.2) is 12.4 Å². The van der Waals surface area contributed by atoms with Crippen LogP contribution in [-0.4, -0.2) is 70.6 Å². The van der Waals surface area contributed by atoms with Crippen molar-refractivity contribution in [1.82, 2.24) is 14.9 Å². The SMILES string of the molecule is CC1(C)OB(c2cnc(OCC3CCCN3CCO)nc2)OC1(C)C. The molecule has 0 spiro atoms. The number of hydrogen-bond donors (Lipinski definition) is 1. The van der Waals surface area contributed by atoms with Gasteiger partial charge < -0.3 is 19.2 Å². The number of hydrogen-bond acceptors (Lipinski definition) is 7. The molecule has 2 aliphatic heterocycles. The Morgan fingerprint density at radius 2 is 1.88 bits per heavy atom. The molecule has 0 saturated carbocycles. The molecule has 3 heterocycles. The molecule has 138 valence electrons. The fraction of sp³-hybridized carbons (Fsp3) is 0.765. The third kappa shape index (κ3) is 3.97. The summed E-state index contributed by atoms with van der Waals surface area (Å²) in [5.41, 5.74) is 0.0190. The van der Waals surface area contributed by atoms with Gasteiger partial charge in [0.2, 0.25) is 0 Å². The molecule has 2 saturated heterocycles. The van der Waals surface area contributed by atoms with E-state index < -0.39 is 7.12 Å². The van der Waals surface area contributed by atoms with Gasteiger partial charge in [0.05, 0.1) is 17.8 Å². The first-order valence-corrected chi connectivity index (χ1v) is 8.98. The molecular formula is C17H28BN3O4. The predicted molar refractivity (Wildman–Crippen MR) is 94.9 cm³/mol. The molecule has 3 rings (SSSR count). The molecule has 1 aromatic rings. The molecule has 1 N–H and O–H groups in total. The van der Waals surface area contributed by atoms with Crippen LogP contribution >= 0.6 is 0 Å². The van der Waals surface area contributed by atoms with Gasteiger partial charge in [-0.1, -0.05) is 0 Å². The zero-order valence-electron chi connectivity index (χ0n) is 15.6. The Kier molecular flexibility index (Phi) is 5.34. The van der Waals surface area contributed by atoms with Crippen LogP contribution in [0.5, 0.6) is 6.01 Å². The molecule has 0 amide bonds. The third-order valence-corrected chi connectivity index (χ3v) is 5.46. The van der Waals surface area contributed by atoms with Gasteiger partial charge in [0.25, 0.3) is 0 Å². The second-order valence-electron chi connectivity index (χ2n) is 7.75. The van der Waals surface area contributed by atoms with Crippen LogP contribution in [-0.2, 0) is 9.31 Å². The first-order chi connectivity index (χ1) is 11.8. The number of β-amino-alcohol motifs (C(OH)–C–C–N with tert-alkyl or cyclic N) is 1. The summed E-state index contributed by atoms with van der Waals surface area (Å²) >= 11 is 0. The number of aromatic nitrogens is 2. The van der Waals surface area contributed by atoms with Crippen molar-refractivity contribution in [3.8, 4) is 6.01 Å². The van der Waals surface area contributed by atoms with Crippen molar-refractivity contribution in [2.75, 3.05) is 26.3 Å². The highest BCUT2D eigenvalue weighted by Crippen LogP contribution is 2.36. The minimum atomic E-state index is -0.464. The number of aliphatic hydroxyl groups excluding tert-OH is 1. The van der Waals surface area contributed by atoms with Gasteiger partial charge in [-0.2, -0.15) is 0 Å². The quantitative estimate of drug-likeness (QED) is 0.754. The van der Waals surface area contributed by atoms with Crippen LogP contribution in [0.4, 0.5) is 0 Å². The Labute approximate surface area is 149 Å². The van der Waals surface area contributed by atoms with Crippen LogP contribution in [0, 0.1) is 0 Å². The van der Waals surface area contributed by atoms with Gasteiger partial charge in [0, 0.05) is 30.4 Å². The molecule has 0 aromatic carbocycles. The zero-order valence-corrected chi connectivity index (χ0v) is 15.6. The summed E-state index contributed by atoms with van der Waals surface area (Å²) in [7, 11) is -0.464. The molecule has 7 nitrogen and oxygen atoms in total. The van der Waals surface area contributed by atoms with E-state index in [-0.39, 0.29) is 17.8 Å². The first-order valence-electron chi connectivity index (χ1n) is 8.98. The maximum atomic E-state index is 9.11. The van der Waals surface area contributed by atoms with E-state index in [1.54, 1.807) is 12.4 Å². The average molecular weight is 349 g/mol. The van der Waals surface area contributed by atoms with Gasteiger partial charge in [0.1, 0.15) is 6.61 Å². The zero-order chi connectivity index (χ0) is 18.1. The summed E-state index contributed by atoms with van der Waals surface area (Å²) in [4.78, 5) is 10.8. The standard InChI is InChI=1S/C17H28BN3O4/c1-16(2)17(3,4)25-18(24-16)13-10-19-15(20-11-13)23-12-14-6-5-7-21(14)8-9-22/h10-11,14,22H,5-9,12H2,1-4H3. The Balaban J connectivity index is 1.56. The summed E-state index contributed by atoms with van der Waals surface area (Å²) in [6.45, 7) is 10.5. The lowest BCUT2D eigenvalue weighted by molar-refractivity contribution is 0.00578. The van der Waals surface area contributed by atoms with Crippen LogP contribution in [0.2, 0.25) is 0 Å². The van der Waals surface area contributed by atoms with Gasteiger partial charge in [0.15, 0.2) is 0 Å². The lowest BCUT2D eigenvalue weighted by Crippen LogP contribution is -2.41. The van der Waals surface area contributed by atoms with Gasteiger partial charge in [-0.05, 0) is 47.1 Å². The number of aliphatic hydroxyl groups is 1. The fourth-order valence-corrected chi connectivity index (χ4v) is 3.18. The molecular weight excluding hydrogens is 321 g/mol. The second-order valence-corrected chi connectivity index (χ2v) is 7.75. The molecule has 0 bridgehead atoms. The molecule has 1 aromatic heterocycles. The van der Waals surface area contributed by atoms with Crippen molar-refractivity contribution in [3.05, 3.63) is 12.4 Å². The van der Waals surface area contributed by atoms with Gasteiger partial charge in [-0.3, -0.25) is 4.90 Å². The van der Waals surface area contributed by atoms with Crippen LogP contribution in [0.1, 0.15) is 40.5 Å². The van der Waals surface area contributed by atoms with Crippen molar-refractivity contribution < 1.29 is 19.2 Å². The molecule has 1 atom stereocenters. The van der Waals surface area contributed by atoms with Gasteiger partial charge >= 0.3 is 13.1 Å². The van der Waals surface area contributed by atoms with Crippen LogP contribution < -0.4 is 10.2 Å². The smallest absolute Gasteiger partial charge is 0.462 e. The second kappa shape index (κ2) is 7.19. The molecule has 1 unspecified atom stereocenters. The van der Waals surface area contributed by atoms with Gasteiger partial charge in [-0.25, -0.2) is 9.97 Å². The molecule has 0 aliphatic carbocycles. The Hall–Kier alpha value is -1.22. The molecule has 8 heteroatoms. The minimum Gasteiger partial charge on any atom is -0.462 e. The van der Waals surface area contributed by atoms with E-state index in [2.05, 4.69) is 14.9 Å². The number of likely N-dealkylation sites (tertiary alicyclic amines) is 1. The maximum Gasteiger partial charge on any atom is 0.498 e. The van der Waals surface area contributed by atoms with E-state index in [1.807, 2.05) is 27.7 Å². The van der Waals surface area contributed by atoms with Crippen molar-refractivity contribution >= 4 is 12.6 Å². The minimum absolute atomic E-state index is 0.176. The largest absolute Gasteiger partial charge is 0.498 e. The van der Waals surface area contributed by atoms with Crippen molar-refractivity contribution in [2.24, 2.45) is 0 Å². The number of nitrogens with zero attached hydrogens (tertiary/aromatic N) is 3. The normalized spacial score (nSPS) is 25.5. The highest BCUT2D eigenvalue weighted by atomic mass is 16.7. The Morgan fingerprint density at radius 3 is 2.48 bits per heavy atom. The summed E-state index contributed by atoms with van der Waals surface area (Å²) in [6, 6.07) is 0.676. The molecule has 2 aliphatic rings. The van der Waals surface area contributed by atoms with Crippen LogP contribution in [0.3, 0.4) is 0 Å². The topological polar surface area (TPSA) is 76.9 Å². The summed E-state index contributed by atoms with van der Waals surface area (Å²) in [5, 5.41) is 9.11. The average Bonchev–Trinajstić information content (AvgIpc) is 3.08. The van der Waals surface area contributed by atoms with Crippen molar-refractivity contribution in [2.45, 2.75) is 57.8 Å². The molecule has 0 radical (unpaired) electrons. The van der Waals surface area contributed by atoms with E-state index in [4.69, 9.17) is 19.2 Å². The van der Waals surface area contributed by atoms with E-state index in [1.165, 1.54) is 0 Å². The Bertz CT molecular complexity index is 566. The first kappa shape index (κ1) is 18.6. The van der Waals surface area contributed by atoms with Gasteiger partial charge in [-0.15, -0.1) is 0 Å². The lowest BCUT2D eigenvalue weighted by Gasteiger charge is -2.32. The third-order valence-electron chi connectivity index (χ3n) is 5.46. The lowest BCUT2D eigenvalue weighted by atomic mass is 9.81. The van der Waals surface area contributed by atoms with E-state index in [0.717, 1.165) is 24.8 Å². The van der Waals surface area contributed by atoms with Crippen molar-refractivity contribution in [1.29, 1.82) is 0 Å². The monoisotopic (exact) mass is 349 g/mol. The maximum absolute atomic E-state index is 9.11. The fourth-order valence-electron chi connectivity index (χ4n) is 3.18. The predicted octanol–water partition coefficient (Wildman–Crippen LogP) is 0.611. The number of rotatable bonds is 6. The Morgan fingerprint density at radius 1 is 1.24 bits per heavy atom. The van der Waals surface area contributed by atoms with Crippen molar-refractivity contribution in [3.63, 3.8) is 0 Å². The van der Waals surface area contributed by atoms with E-state index in [0.29, 0.717) is 25.2 Å². The van der Waals surface area contributed by atoms with Crippen LogP contribution in [0.25, 0.3) is 0 Å². The summed E-state index contributed by atoms with van der Waals surface area (Å²) in [6.07, 6.45) is 5.61. The highest BCUT2D eigenvalue weighted by molar-refractivity contribution is 6.61. The highest BCUT2D eigenvalue weighted by Gasteiger charge is 2.51. The summed E-state index contributed by atoms with van der Waals surface area (Å²) < 4.78 is 17.7. The van der Waals surface area contributed by atoms with E-state index >= 15 is 0 Å².